The molecule has 0 amide bonds. The van der Waals surface area contributed by atoms with Crippen molar-refractivity contribution >= 4 is 0 Å². The standard InChI is InChI=1S/C15H25N3O2/c1-15(16,18-8-6-17-7-9-18)11-12-4-5-13(19-2)14(10-12)20-3/h4-5,10,17H,6-9,11,16H2,1-3H3. The molecule has 0 aliphatic carbocycles. The molecule has 0 spiro atoms. The van der Waals surface area contributed by atoms with Gasteiger partial charge in [0.15, 0.2) is 11.5 Å². The van der Waals surface area contributed by atoms with Gasteiger partial charge in [-0.3, -0.25) is 4.90 Å². The number of rotatable bonds is 5. The first-order valence-electron chi connectivity index (χ1n) is 7.02. The Labute approximate surface area is 121 Å². The van der Waals surface area contributed by atoms with Gasteiger partial charge in [-0.1, -0.05) is 6.07 Å². The molecule has 0 bridgehead atoms. The fourth-order valence-corrected chi connectivity index (χ4v) is 2.69. The molecule has 1 heterocycles. The van der Waals surface area contributed by atoms with Crippen LogP contribution >= 0.6 is 0 Å². The first-order chi connectivity index (χ1) is 9.56. The van der Waals surface area contributed by atoms with Gasteiger partial charge in [-0.25, -0.2) is 0 Å². The van der Waals surface area contributed by atoms with E-state index in [1.807, 2.05) is 12.1 Å². The maximum Gasteiger partial charge on any atom is 0.160 e. The van der Waals surface area contributed by atoms with Crippen molar-refractivity contribution < 1.29 is 9.47 Å². The van der Waals surface area contributed by atoms with E-state index >= 15 is 0 Å². The maximum atomic E-state index is 6.51. The van der Waals surface area contributed by atoms with E-state index in [4.69, 9.17) is 15.2 Å². The second-order valence-corrected chi connectivity index (χ2v) is 5.46. The van der Waals surface area contributed by atoms with Crippen molar-refractivity contribution in [2.75, 3.05) is 40.4 Å². The Kier molecular flexibility index (Phi) is 4.86. The molecule has 2 rings (SSSR count). The fraction of sp³-hybridized carbons (Fsp3) is 0.600. The van der Waals surface area contributed by atoms with E-state index in [0.29, 0.717) is 0 Å². The van der Waals surface area contributed by atoms with E-state index in [1.165, 1.54) is 0 Å². The van der Waals surface area contributed by atoms with Crippen LogP contribution in [-0.4, -0.2) is 51.0 Å². The third-order valence-corrected chi connectivity index (χ3v) is 3.85. The van der Waals surface area contributed by atoms with Crippen molar-refractivity contribution in [3.8, 4) is 11.5 Å². The number of ether oxygens (including phenoxy) is 2. The van der Waals surface area contributed by atoms with E-state index in [9.17, 15) is 0 Å². The Morgan fingerprint density at radius 2 is 1.85 bits per heavy atom. The fourth-order valence-electron chi connectivity index (χ4n) is 2.69. The summed E-state index contributed by atoms with van der Waals surface area (Å²) in [5.41, 5.74) is 7.32. The van der Waals surface area contributed by atoms with Gasteiger partial charge in [0.05, 0.1) is 19.9 Å². The Hall–Kier alpha value is -1.30. The largest absolute Gasteiger partial charge is 0.493 e. The molecule has 1 aromatic carbocycles. The Balaban J connectivity index is 2.11. The van der Waals surface area contributed by atoms with Crippen LogP contribution in [0, 0.1) is 0 Å². The van der Waals surface area contributed by atoms with Crippen LogP contribution in [0.5, 0.6) is 11.5 Å². The molecule has 3 N–H and O–H groups in total. The molecule has 5 heteroatoms. The molecular weight excluding hydrogens is 254 g/mol. The van der Waals surface area contributed by atoms with E-state index in [0.717, 1.165) is 49.7 Å². The van der Waals surface area contributed by atoms with Gasteiger partial charge in [0.2, 0.25) is 0 Å². The quantitative estimate of drug-likeness (QED) is 0.836. The Morgan fingerprint density at radius 3 is 2.45 bits per heavy atom. The lowest BCUT2D eigenvalue weighted by molar-refractivity contribution is 0.0932. The highest BCUT2D eigenvalue weighted by Gasteiger charge is 2.28. The van der Waals surface area contributed by atoms with Crippen molar-refractivity contribution in [2.24, 2.45) is 5.73 Å². The highest BCUT2D eigenvalue weighted by atomic mass is 16.5. The highest BCUT2D eigenvalue weighted by Crippen LogP contribution is 2.29. The van der Waals surface area contributed by atoms with Crippen LogP contribution in [0.15, 0.2) is 18.2 Å². The molecule has 1 saturated heterocycles. The summed E-state index contributed by atoms with van der Waals surface area (Å²) < 4.78 is 10.6. The average molecular weight is 279 g/mol. The van der Waals surface area contributed by atoms with E-state index in [1.54, 1.807) is 14.2 Å². The molecule has 1 unspecified atom stereocenters. The van der Waals surface area contributed by atoms with Crippen LogP contribution < -0.4 is 20.5 Å². The predicted octanol–water partition coefficient (Wildman–Crippen LogP) is 0.826. The molecule has 1 atom stereocenters. The summed E-state index contributed by atoms with van der Waals surface area (Å²) in [5.74, 6) is 1.50. The van der Waals surface area contributed by atoms with Gasteiger partial charge < -0.3 is 20.5 Å². The minimum absolute atomic E-state index is 0.346. The summed E-state index contributed by atoms with van der Waals surface area (Å²) in [6, 6.07) is 5.99. The molecule has 112 valence electrons. The maximum absolute atomic E-state index is 6.51. The van der Waals surface area contributed by atoms with E-state index in [2.05, 4.69) is 23.2 Å². The third-order valence-electron chi connectivity index (χ3n) is 3.85. The van der Waals surface area contributed by atoms with Gasteiger partial charge in [-0.2, -0.15) is 0 Å². The van der Waals surface area contributed by atoms with Gasteiger partial charge in [-0.05, 0) is 24.6 Å². The van der Waals surface area contributed by atoms with Gasteiger partial charge in [0.1, 0.15) is 0 Å². The topological polar surface area (TPSA) is 59.8 Å². The Bertz CT molecular complexity index is 443. The third kappa shape index (κ3) is 3.42. The smallest absolute Gasteiger partial charge is 0.160 e. The van der Waals surface area contributed by atoms with Gasteiger partial charge in [-0.15, -0.1) is 0 Å². The molecule has 0 aromatic heterocycles. The minimum Gasteiger partial charge on any atom is -0.493 e. The van der Waals surface area contributed by atoms with Crippen LogP contribution in [0.25, 0.3) is 0 Å². The van der Waals surface area contributed by atoms with Crippen molar-refractivity contribution in [3.05, 3.63) is 23.8 Å². The second kappa shape index (κ2) is 6.43. The van der Waals surface area contributed by atoms with Crippen LogP contribution in [-0.2, 0) is 6.42 Å². The van der Waals surface area contributed by atoms with Crippen LogP contribution in [0.2, 0.25) is 0 Å². The number of hydrogen-bond acceptors (Lipinski definition) is 5. The molecule has 5 nitrogen and oxygen atoms in total. The highest BCUT2D eigenvalue weighted by molar-refractivity contribution is 5.43. The lowest BCUT2D eigenvalue weighted by atomic mass is 9.99. The average Bonchev–Trinajstić information content (AvgIpc) is 2.47. The molecule has 20 heavy (non-hydrogen) atoms. The monoisotopic (exact) mass is 279 g/mol. The van der Waals surface area contributed by atoms with Gasteiger partial charge >= 0.3 is 0 Å². The Morgan fingerprint density at radius 1 is 1.20 bits per heavy atom. The molecular formula is C15H25N3O2. The van der Waals surface area contributed by atoms with Gasteiger partial charge in [0, 0.05) is 32.6 Å². The van der Waals surface area contributed by atoms with Crippen molar-refractivity contribution in [3.63, 3.8) is 0 Å². The molecule has 1 fully saturated rings. The zero-order valence-corrected chi connectivity index (χ0v) is 12.6. The molecule has 0 radical (unpaired) electrons. The minimum atomic E-state index is -0.346. The number of methoxy groups -OCH3 is 2. The zero-order chi connectivity index (χ0) is 14.6. The first-order valence-corrected chi connectivity index (χ1v) is 7.02. The van der Waals surface area contributed by atoms with Crippen LogP contribution in [0.1, 0.15) is 12.5 Å². The summed E-state index contributed by atoms with van der Waals surface area (Å²) in [6.07, 6.45) is 0.785. The summed E-state index contributed by atoms with van der Waals surface area (Å²) in [4.78, 5) is 2.33. The summed E-state index contributed by atoms with van der Waals surface area (Å²) in [5, 5.41) is 3.35. The molecule has 1 aromatic rings. The van der Waals surface area contributed by atoms with Crippen molar-refractivity contribution in [1.82, 2.24) is 10.2 Å². The summed E-state index contributed by atoms with van der Waals surface area (Å²) in [7, 11) is 3.30. The molecule has 1 aliphatic rings. The second-order valence-electron chi connectivity index (χ2n) is 5.46. The lowest BCUT2D eigenvalue weighted by Gasteiger charge is -2.41. The lowest BCUT2D eigenvalue weighted by Crippen LogP contribution is -2.60. The van der Waals surface area contributed by atoms with Crippen LogP contribution in [0.3, 0.4) is 0 Å². The number of nitrogens with one attached hydrogen (secondary N) is 1. The summed E-state index contributed by atoms with van der Waals surface area (Å²) >= 11 is 0. The molecule has 1 aliphatic heterocycles. The first kappa shape index (κ1) is 15.1. The SMILES string of the molecule is COc1ccc(CC(C)(N)N2CCNCC2)cc1OC. The number of benzene rings is 1. The van der Waals surface area contributed by atoms with E-state index < -0.39 is 0 Å². The number of nitrogens with zero attached hydrogens (tertiary/aromatic N) is 1. The summed E-state index contributed by atoms with van der Waals surface area (Å²) in [6.45, 7) is 6.06. The zero-order valence-electron chi connectivity index (χ0n) is 12.6. The van der Waals surface area contributed by atoms with Crippen molar-refractivity contribution in [1.29, 1.82) is 0 Å². The molecule has 0 saturated carbocycles. The normalized spacial score (nSPS) is 19.4. The van der Waals surface area contributed by atoms with Gasteiger partial charge in [0.25, 0.3) is 0 Å². The van der Waals surface area contributed by atoms with Crippen LogP contribution in [0.4, 0.5) is 0 Å². The van der Waals surface area contributed by atoms with Crippen molar-refractivity contribution in [2.45, 2.75) is 19.0 Å². The predicted molar refractivity (Wildman–Crippen MR) is 80.3 cm³/mol. The number of piperazine rings is 1. The van der Waals surface area contributed by atoms with E-state index in [-0.39, 0.29) is 5.66 Å². The number of nitrogens with two attached hydrogens (primary N) is 1. The number of hydrogen-bond donors (Lipinski definition) is 2.